The highest BCUT2D eigenvalue weighted by Crippen LogP contribution is 2.34. The molecule has 0 amide bonds. The second kappa shape index (κ2) is 6.61. The summed E-state index contributed by atoms with van der Waals surface area (Å²) in [7, 11) is 0. The summed E-state index contributed by atoms with van der Waals surface area (Å²) in [5.41, 5.74) is 6.93. The van der Waals surface area contributed by atoms with Gasteiger partial charge in [0, 0.05) is 30.3 Å². The molecule has 1 aliphatic rings. The lowest BCUT2D eigenvalue weighted by atomic mass is 10.0. The first-order valence-corrected chi connectivity index (χ1v) is 7.10. The number of nitrogens with zero attached hydrogens (tertiary/aromatic N) is 1. The number of ketones is 1. The van der Waals surface area contributed by atoms with Crippen molar-refractivity contribution in [1.82, 2.24) is 4.90 Å². The molecule has 110 valence electrons. The smallest absolute Gasteiger partial charge is 0.166 e. The van der Waals surface area contributed by atoms with Gasteiger partial charge in [0.2, 0.25) is 0 Å². The summed E-state index contributed by atoms with van der Waals surface area (Å²) < 4.78 is 10.9. The van der Waals surface area contributed by atoms with E-state index in [2.05, 4.69) is 18.7 Å². The molecule has 0 radical (unpaired) electrons. The van der Waals surface area contributed by atoms with Crippen molar-refractivity contribution in [1.29, 1.82) is 0 Å². The molecule has 0 saturated heterocycles. The average Bonchev–Trinajstić information content (AvgIpc) is 2.47. The maximum atomic E-state index is 12.3. The summed E-state index contributed by atoms with van der Waals surface area (Å²) in [6.07, 6.45) is 0.464. The van der Waals surface area contributed by atoms with E-state index in [0.29, 0.717) is 42.4 Å². The Morgan fingerprint density at radius 1 is 1.20 bits per heavy atom. The van der Waals surface area contributed by atoms with Crippen LogP contribution in [0.4, 0.5) is 5.69 Å². The fraction of sp³-hybridized carbons (Fsp3) is 0.533. The Kier molecular flexibility index (Phi) is 4.84. The fourth-order valence-electron chi connectivity index (χ4n) is 2.28. The van der Waals surface area contributed by atoms with Gasteiger partial charge in [0.1, 0.15) is 13.2 Å². The molecule has 2 rings (SSSR count). The lowest BCUT2D eigenvalue weighted by molar-refractivity contribution is 0.0966. The van der Waals surface area contributed by atoms with Crippen LogP contribution >= 0.6 is 0 Å². The number of anilines is 1. The molecule has 0 spiro atoms. The molecule has 0 aromatic heterocycles. The minimum absolute atomic E-state index is 0.0476. The maximum Gasteiger partial charge on any atom is 0.166 e. The highest BCUT2D eigenvalue weighted by Gasteiger charge is 2.18. The summed E-state index contributed by atoms with van der Waals surface area (Å²) in [6.45, 7) is 7.84. The van der Waals surface area contributed by atoms with Crippen LogP contribution in [0.25, 0.3) is 0 Å². The predicted molar refractivity (Wildman–Crippen MR) is 78.6 cm³/mol. The van der Waals surface area contributed by atoms with E-state index in [1.165, 1.54) is 0 Å². The molecule has 1 heterocycles. The van der Waals surface area contributed by atoms with Crippen LogP contribution in [0.5, 0.6) is 11.5 Å². The van der Waals surface area contributed by atoms with Crippen molar-refractivity contribution in [2.24, 2.45) is 0 Å². The van der Waals surface area contributed by atoms with E-state index in [1.54, 1.807) is 12.1 Å². The van der Waals surface area contributed by atoms with Crippen LogP contribution in [0.2, 0.25) is 0 Å². The first kappa shape index (κ1) is 14.7. The number of fused-ring (bicyclic) bond motifs is 1. The molecule has 0 fully saturated rings. The third-order valence-electron chi connectivity index (χ3n) is 3.56. The van der Waals surface area contributed by atoms with Gasteiger partial charge >= 0.3 is 0 Å². The molecule has 2 N–H and O–H groups in total. The molecule has 1 aliphatic heterocycles. The largest absolute Gasteiger partial charge is 0.486 e. The molecular formula is C15H22N2O3. The molecule has 0 bridgehead atoms. The number of carbonyl (C=O) groups excluding carboxylic acids is 1. The summed E-state index contributed by atoms with van der Waals surface area (Å²) in [4.78, 5) is 14.5. The molecule has 0 unspecified atom stereocenters. The van der Waals surface area contributed by atoms with E-state index < -0.39 is 0 Å². The van der Waals surface area contributed by atoms with Gasteiger partial charge in [0.15, 0.2) is 17.3 Å². The number of Topliss-reactive ketones (excluding diaryl/α,β-unsaturated/α-hetero) is 1. The lowest BCUT2D eigenvalue weighted by Gasteiger charge is -2.20. The molecule has 5 heteroatoms. The quantitative estimate of drug-likeness (QED) is 0.636. The van der Waals surface area contributed by atoms with Gasteiger partial charge in [-0.2, -0.15) is 0 Å². The van der Waals surface area contributed by atoms with Gasteiger partial charge in [-0.15, -0.1) is 0 Å². The van der Waals surface area contributed by atoms with Crippen LogP contribution in [0, 0.1) is 0 Å². The zero-order valence-electron chi connectivity index (χ0n) is 12.1. The van der Waals surface area contributed by atoms with E-state index >= 15 is 0 Å². The van der Waals surface area contributed by atoms with Gasteiger partial charge in [0.25, 0.3) is 0 Å². The van der Waals surface area contributed by atoms with Crippen molar-refractivity contribution in [2.45, 2.75) is 20.3 Å². The normalized spacial score (nSPS) is 13.6. The third kappa shape index (κ3) is 3.22. The summed E-state index contributed by atoms with van der Waals surface area (Å²) >= 11 is 0. The molecule has 5 nitrogen and oxygen atoms in total. The molecule has 20 heavy (non-hydrogen) atoms. The predicted octanol–water partition coefficient (Wildman–Crippen LogP) is 1.95. The molecule has 1 aromatic rings. The van der Waals surface area contributed by atoms with Gasteiger partial charge in [-0.3, -0.25) is 4.79 Å². The standard InChI is InChI=1S/C15H22N2O3/c1-3-17(4-2)6-5-13(18)11-9-14-15(10-12(11)16)20-8-7-19-14/h9-10H,3-8,16H2,1-2H3. The zero-order valence-corrected chi connectivity index (χ0v) is 12.1. The summed E-state index contributed by atoms with van der Waals surface area (Å²) in [5.74, 6) is 1.28. The molecular weight excluding hydrogens is 256 g/mol. The van der Waals surface area contributed by atoms with E-state index in [4.69, 9.17) is 15.2 Å². The Bertz CT molecular complexity index is 484. The Morgan fingerprint density at radius 2 is 1.80 bits per heavy atom. The van der Waals surface area contributed by atoms with E-state index in [1.807, 2.05) is 0 Å². The van der Waals surface area contributed by atoms with E-state index in [-0.39, 0.29) is 5.78 Å². The number of hydrogen-bond acceptors (Lipinski definition) is 5. The monoisotopic (exact) mass is 278 g/mol. The van der Waals surface area contributed by atoms with Gasteiger partial charge in [-0.05, 0) is 19.2 Å². The van der Waals surface area contributed by atoms with Crippen LogP contribution < -0.4 is 15.2 Å². The van der Waals surface area contributed by atoms with Crippen molar-refractivity contribution in [3.8, 4) is 11.5 Å². The molecule has 1 aromatic carbocycles. The van der Waals surface area contributed by atoms with Crippen molar-refractivity contribution in [3.05, 3.63) is 17.7 Å². The first-order valence-electron chi connectivity index (χ1n) is 7.10. The Hall–Kier alpha value is -1.75. The minimum atomic E-state index is 0.0476. The second-order valence-corrected chi connectivity index (χ2v) is 4.78. The topological polar surface area (TPSA) is 64.8 Å². The van der Waals surface area contributed by atoms with Gasteiger partial charge < -0.3 is 20.1 Å². The van der Waals surface area contributed by atoms with Gasteiger partial charge in [-0.25, -0.2) is 0 Å². The molecule has 0 saturated carbocycles. The number of nitrogens with two attached hydrogens (primary N) is 1. The fourth-order valence-corrected chi connectivity index (χ4v) is 2.28. The van der Waals surface area contributed by atoms with Crippen LogP contribution in [0.3, 0.4) is 0 Å². The van der Waals surface area contributed by atoms with E-state index in [9.17, 15) is 4.79 Å². The third-order valence-corrected chi connectivity index (χ3v) is 3.56. The second-order valence-electron chi connectivity index (χ2n) is 4.78. The van der Waals surface area contributed by atoms with Crippen molar-refractivity contribution < 1.29 is 14.3 Å². The first-order chi connectivity index (χ1) is 9.65. The van der Waals surface area contributed by atoms with Gasteiger partial charge in [0.05, 0.1) is 0 Å². The molecule has 0 atom stereocenters. The van der Waals surface area contributed by atoms with Crippen molar-refractivity contribution in [2.75, 3.05) is 38.6 Å². The zero-order chi connectivity index (χ0) is 14.5. The minimum Gasteiger partial charge on any atom is -0.486 e. The SMILES string of the molecule is CCN(CC)CCC(=O)c1cc2c(cc1N)OCCO2. The number of benzene rings is 1. The Balaban J connectivity index is 2.09. The summed E-state index contributed by atoms with van der Waals surface area (Å²) in [5, 5.41) is 0. The number of carbonyl (C=O) groups is 1. The highest BCUT2D eigenvalue weighted by molar-refractivity contribution is 6.01. The van der Waals surface area contributed by atoms with Crippen LogP contribution in [0.1, 0.15) is 30.6 Å². The maximum absolute atomic E-state index is 12.3. The van der Waals surface area contributed by atoms with Crippen LogP contribution in [-0.2, 0) is 0 Å². The van der Waals surface area contributed by atoms with Crippen molar-refractivity contribution >= 4 is 11.5 Å². The number of rotatable bonds is 6. The Morgan fingerprint density at radius 3 is 2.40 bits per heavy atom. The molecule has 0 aliphatic carbocycles. The highest BCUT2D eigenvalue weighted by atomic mass is 16.6. The lowest BCUT2D eigenvalue weighted by Crippen LogP contribution is -2.26. The summed E-state index contributed by atoms with van der Waals surface area (Å²) in [6, 6.07) is 3.38. The number of ether oxygens (including phenoxy) is 2. The van der Waals surface area contributed by atoms with Crippen LogP contribution in [0.15, 0.2) is 12.1 Å². The number of nitrogen functional groups attached to an aromatic ring is 1. The Labute approximate surface area is 119 Å². The number of hydrogen-bond donors (Lipinski definition) is 1. The van der Waals surface area contributed by atoms with Crippen LogP contribution in [-0.4, -0.2) is 43.5 Å². The average molecular weight is 278 g/mol. The van der Waals surface area contributed by atoms with Gasteiger partial charge in [-0.1, -0.05) is 13.8 Å². The van der Waals surface area contributed by atoms with E-state index in [0.717, 1.165) is 19.6 Å². The van der Waals surface area contributed by atoms with Crippen molar-refractivity contribution in [3.63, 3.8) is 0 Å².